The van der Waals surface area contributed by atoms with E-state index in [-0.39, 0.29) is 39.2 Å². The van der Waals surface area contributed by atoms with Crippen LogP contribution in [0.2, 0.25) is 5.02 Å². The van der Waals surface area contributed by atoms with Gasteiger partial charge in [0, 0.05) is 25.2 Å². The molecule has 10 heteroatoms. The maximum Gasteiger partial charge on any atom is 0.266 e. The Labute approximate surface area is 210 Å². The molecule has 1 saturated heterocycles. The van der Waals surface area contributed by atoms with Gasteiger partial charge in [-0.1, -0.05) is 23.7 Å². The minimum Gasteiger partial charge on any atom is -0.495 e. The zero-order valence-electron chi connectivity index (χ0n) is 19.2. The van der Waals surface area contributed by atoms with E-state index in [9.17, 15) is 14.0 Å². The third-order valence-electron chi connectivity index (χ3n) is 6.77. The summed E-state index contributed by atoms with van der Waals surface area (Å²) in [6.45, 7) is 0.900. The molecule has 0 aromatic heterocycles. The second kappa shape index (κ2) is 9.40. The van der Waals surface area contributed by atoms with Gasteiger partial charge in [0.1, 0.15) is 17.4 Å². The van der Waals surface area contributed by atoms with Crippen molar-refractivity contribution < 1.29 is 28.3 Å². The van der Waals surface area contributed by atoms with Crippen LogP contribution in [0.15, 0.2) is 48.5 Å². The number of hydrogen-bond donors (Lipinski definition) is 2. The van der Waals surface area contributed by atoms with Crippen LogP contribution in [0.3, 0.4) is 0 Å². The zero-order valence-corrected chi connectivity index (χ0v) is 20.0. The first kappa shape index (κ1) is 24.0. The second-order valence-electron chi connectivity index (χ2n) is 8.69. The molecule has 0 spiro atoms. The SMILES string of the molecule is COc1cc(C2CCN(c3cc(Cl)c(NO)cc3F)CC2)c(F)cc1N1C(=O)c2ccccc2C1=O. The van der Waals surface area contributed by atoms with Gasteiger partial charge in [-0.15, -0.1) is 0 Å². The summed E-state index contributed by atoms with van der Waals surface area (Å²) >= 11 is 6.09. The zero-order chi connectivity index (χ0) is 25.6. The first-order valence-electron chi connectivity index (χ1n) is 11.3. The molecule has 7 nitrogen and oxygen atoms in total. The quantitative estimate of drug-likeness (QED) is 0.341. The highest BCUT2D eigenvalue weighted by molar-refractivity contribution is 6.35. The Morgan fingerprint density at radius 2 is 1.61 bits per heavy atom. The molecule has 0 radical (unpaired) electrons. The van der Waals surface area contributed by atoms with Crippen molar-refractivity contribution in [3.63, 3.8) is 0 Å². The van der Waals surface area contributed by atoms with Gasteiger partial charge in [-0.3, -0.25) is 20.3 Å². The van der Waals surface area contributed by atoms with E-state index in [1.165, 1.54) is 25.3 Å². The number of carbonyl (C=O) groups is 2. The molecular weight excluding hydrogens is 492 g/mol. The Kier molecular flexibility index (Phi) is 6.27. The van der Waals surface area contributed by atoms with E-state index >= 15 is 4.39 Å². The number of halogens is 3. The van der Waals surface area contributed by atoms with E-state index in [4.69, 9.17) is 21.5 Å². The van der Waals surface area contributed by atoms with Crippen LogP contribution in [0.25, 0.3) is 0 Å². The summed E-state index contributed by atoms with van der Waals surface area (Å²) in [5.74, 6) is -2.10. The van der Waals surface area contributed by atoms with Crippen molar-refractivity contribution in [3.8, 4) is 5.75 Å². The van der Waals surface area contributed by atoms with Gasteiger partial charge in [-0.25, -0.2) is 13.7 Å². The number of benzene rings is 3. The predicted molar refractivity (Wildman–Crippen MR) is 132 cm³/mol. The largest absolute Gasteiger partial charge is 0.495 e. The lowest BCUT2D eigenvalue weighted by Crippen LogP contribution is -2.34. The highest BCUT2D eigenvalue weighted by Gasteiger charge is 2.38. The van der Waals surface area contributed by atoms with E-state index in [2.05, 4.69) is 0 Å². The smallest absolute Gasteiger partial charge is 0.266 e. The molecular formula is C26H22ClF2N3O4. The van der Waals surface area contributed by atoms with Crippen LogP contribution in [0.1, 0.15) is 45.0 Å². The number of ether oxygens (including phenoxy) is 1. The highest BCUT2D eigenvalue weighted by Crippen LogP contribution is 2.41. The average Bonchev–Trinajstić information content (AvgIpc) is 3.15. The van der Waals surface area contributed by atoms with Gasteiger partial charge >= 0.3 is 0 Å². The minimum absolute atomic E-state index is 0.0525. The summed E-state index contributed by atoms with van der Waals surface area (Å²) in [6.07, 6.45) is 1.06. The van der Waals surface area contributed by atoms with Gasteiger partial charge < -0.3 is 9.64 Å². The molecule has 0 unspecified atom stereocenters. The number of hydrogen-bond acceptors (Lipinski definition) is 6. The third-order valence-corrected chi connectivity index (χ3v) is 7.08. The summed E-state index contributed by atoms with van der Waals surface area (Å²) in [7, 11) is 1.40. The molecule has 2 amide bonds. The summed E-state index contributed by atoms with van der Waals surface area (Å²) in [6, 6.07) is 11.7. The van der Waals surface area contributed by atoms with E-state index in [0.29, 0.717) is 37.2 Å². The average molecular weight is 514 g/mol. The Morgan fingerprint density at radius 1 is 0.972 bits per heavy atom. The summed E-state index contributed by atoms with van der Waals surface area (Å²) in [4.78, 5) is 28.6. The Morgan fingerprint density at radius 3 is 2.19 bits per heavy atom. The molecule has 2 aliphatic heterocycles. The number of amides is 2. The van der Waals surface area contributed by atoms with Gasteiger partial charge in [-0.2, -0.15) is 0 Å². The number of rotatable bonds is 5. The van der Waals surface area contributed by atoms with Crippen molar-refractivity contribution in [2.75, 3.05) is 35.5 Å². The van der Waals surface area contributed by atoms with Crippen LogP contribution in [-0.2, 0) is 0 Å². The van der Waals surface area contributed by atoms with Crippen molar-refractivity contribution in [3.05, 3.63) is 81.9 Å². The topological polar surface area (TPSA) is 82.1 Å². The van der Waals surface area contributed by atoms with Crippen molar-refractivity contribution in [1.29, 1.82) is 0 Å². The van der Waals surface area contributed by atoms with Gasteiger partial charge in [0.25, 0.3) is 11.8 Å². The molecule has 3 aromatic rings. The first-order valence-corrected chi connectivity index (χ1v) is 11.7. The van der Waals surface area contributed by atoms with Gasteiger partial charge in [0.15, 0.2) is 0 Å². The lowest BCUT2D eigenvalue weighted by Gasteiger charge is -2.34. The number of fused-ring (bicyclic) bond motifs is 1. The number of carbonyl (C=O) groups excluding carboxylic acids is 2. The molecule has 2 heterocycles. The molecule has 5 rings (SSSR count). The van der Waals surface area contributed by atoms with Crippen LogP contribution in [0.4, 0.5) is 25.8 Å². The first-order chi connectivity index (χ1) is 17.3. The number of imide groups is 1. The van der Waals surface area contributed by atoms with Crippen LogP contribution in [-0.4, -0.2) is 37.2 Å². The van der Waals surface area contributed by atoms with Crippen molar-refractivity contribution in [1.82, 2.24) is 0 Å². The molecule has 186 valence electrons. The van der Waals surface area contributed by atoms with Crippen LogP contribution < -0.4 is 20.0 Å². The predicted octanol–water partition coefficient (Wildman–Crippen LogP) is 5.61. The Bertz CT molecular complexity index is 1340. The summed E-state index contributed by atoms with van der Waals surface area (Å²) in [5, 5.41) is 9.21. The maximum absolute atomic E-state index is 15.4. The van der Waals surface area contributed by atoms with E-state index in [1.807, 2.05) is 10.4 Å². The van der Waals surface area contributed by atoms with Crippen molar-refractivity contribution in [2.24, 2.45) is 0 Å². The second-order valence-corrected chi connectivity index (χ2v) is 9.10. The van der Waals surface area contributed by atoms with Gasteiger partial charge in [-0.05, 0) is 48.6 Å². The molecule has 2 aliphatic rings. The molecule has 2 N–H and O–H groups in total. The molecule has 0 aliphatic carbocycles. The molecule has 0 saturated carbocycles. The minimum atomic E-state index is -0.548. The number of nitrogens with one attached hydrogen (secondary N) is 1. The van der Waals surface area contributed by atoms with E-state index in [0.717, 1.165) is 11.0 Å². The maximum atomic E-state index is 15.4. The molecule has 3 aromatic carbocycles. The lowest BCUT2D eigenvalue weighted by atomic mass is 9.88. The summed E-state index contributed by atoms with van der Waals surface area (Å²) < 4.78 is 35.4. The molecule has 1 fully saturated rings. The standard InChI is InChI=1S/C26H22ClF2N3O4/c1-36-24-10-17(14-6-8-31(9-7-14)22-11-18(27)21(30-35)12-20(22)29)19(28)13-23(24)32-25(33)15-4-2-3-5-16(15)26(32)34/h2-5,10-14,30,35H,6-9H2,1H3. The van der Waals surface area contributed by atoms with Crippen LogP contribution >= 0.6 is 11.6 Å². The van der Waals surface area contributed by atoms with E-state index in [1.54, 1.807) is 24.3 Å². The normalized spacial score (nSPS) is 15.9. The monoisotopic (exact) mass is 513 g/mol. The number of piperidine rings is 1. The Balaban J connectivity index is 1.39. The molecule has 0 bridgehead atoms. The number of anilines is 3. The number of nitrogens with zero attached hydrogens (tertiary/aromatic N) is 2. The third kappa shape index (κ3) is 3.94. The fourth-order valence-corrected chi connectivity index (χ4v) is 5.11. The van der Waals surface area contributed by atoms with Crippen LogP contribution in [0.5, 0.6) is 5.75 Å². The van der Waals surface area contributed by atoms with Crippen molar-refractivity contribution in [2.45, 2.75) is 18.8 Å². The molecule has 0 atom stereocenters. The number of methoxy groups -OCH3 is 1. The lowest BCUT2D eigenvalue weighted by molar-refractivity contribution is 0.0925. The fourth-order valence-electron chi connectivity index (χ4n) is 4.91. The Hall–Kier alpha value is -3.69. The fraction of sp³-hybridized carbons (Fsp3) is 0.231. The van der Waals surface area contributed by atoms with Gasteiger partial charge in [0.2, 0.25) is 0 Å². The van der Waals surface area contributed by atoms with Crippen LogP contribution in [0, 0.1) is 11.6 Å². The highest BCUT2D eigenvalue weighted by atomic mass is 35.5. The van der Waals surface area contributed by atoms with E-state index < -0.39 is 23.4 Å². The molecule has 36 heavy (non-hydrogen) atoms. The van der Waals surface area contributed by atoms with Crippen molar-refractivity contribution >= 4 is 40.5 Å². The summed E-state index contributed by atoms with van der Waals surface area (Å²) in [5.41, 5.74) is 3.21. The van der Waals surface area contributed by atoms with Gasteiger partial charge in [0.05, 0.1) is 40.3 Å².